The molecular weight excluding hydrogens is 378 g/mol. The third-order valence-electron chi connectivity index (χ3n) is 4.33. The first kappa shape index (κ1) is 18.0. The fraction of sp³-hybridized carbons (Fsp3) is 0.0952. The van der Waals surface area contributed by atoms with Crippen molar-refractivity contribution in [2.75, 3.05) is 16.8 Å². The maximum atomic E-state index is 12.5. The van der Waals surface area contributed by atoms with E-state index in [0.717, 1.165) is 5.56 Å². The Morgan fingerprint density at radius 1 is 1.14 bits per heavy atom. The maximum Gasteiger partial charge on any atom is 0.265 e. The molecule has 0 fully saturated rings. The summed E-state index contributed by atoms with van der Waals surface area (Å²) in [6.07, 6.45) is 3.11. The summed E-state index contributed by atoms with van der Waals surface area (Å²) < 4.78 is 5.53. The van der Waals surface area contributed by atoms with Gasteiger partial charge in [0.1, 0.15) is 5.75 Å². The summed E-state index contributed by atoms with van der Waals surface area (Å²) in [4.78, 5) is 30.4. The molecule has 0 saturated heterocycles. The molecule has 1 aromatic heterocycles. The van der Waals surface area contributed by atoms with Crippen LogP contribution in [0.15, 0.2) is 67.0 Å². The highest BCUT2D eigenvalue weighted by atomic mass is 35.5. The van der Waals surface area contributed by atoms with Gasteiger partial charge in [-0.15, -0.1) is 0 Å². The van der Waals surface area contributed by atoms with Crippen molar-refractivity contribution < 1.29 is 14.3 Å². The topological polar surface area (TPSA) is 71.5 Å². The van der Waals surface area contributed by atoms with Crippen LogP contribution in [0.25, 0.3) is 0 Å². The molecule has 3 aromatic rings. The summed E-state index contributed by atoms with van der Waals surface area (Å²) in [5, 5.41) is 3.44. The third-order valence-corrected chi connectivity index (χ3v) is 4.57. The van der Waals surface area contributed by atoms with Gasteiger partial charge >= 0.3 is 0 Å². The van der Waals surface area contributed by atoms with Crippen molar-refractivity contribution in [3.8, 4) is 5.75 Å². The Bertz CT molecular complexity index is 1040. The van der Waals surface area contributed by atoms with Crippen LogP contribution in [0.4, 0.5) is 11.4 Å². The molecule has 0 radical (unpaired) electrons. The van der Waals surface area contributed by atoms with Crippen LogP contribution in [-0.4, -0.2) is 23.4 Å². The van der Waals surface area contributed by atoms with Gasteiger partial charge in [-0.2, -0.15) is 0 Å². The Kier molecular flexibility index (Phi) is 4.95. The lowest BCUT2D eigenvalue weighted by atomic mass is 10.1. The first-order chi connectivity index (χ1) is 13.6. The number of carbonyl (C=O) groups is 2. The second-order valence-electron chi connectivity index (χ2n) is 6.27. The normalized spacial score (nSPS) is 12.9. The van der Waals surface area contributed by atoms with Crippen LogP contribution in [0.5, 0.6) is 5.75 Å². The van der Waals surface area contributed by atoms with Crippen molar-refractivity contribution in [1.82, 2.24) is 4.98 Å². The van der Waals surface area contributed by atoms with Crippen LogP contribution in [0.1, 0.15) is 15.9 Å². The summed E-state index contributed by atoms with van der Waals surface area (Å²) in [5.74, 6) is 0.167. The Morgan fingerprint density at radius 3 is 2.75 bits per heavy atom. The summed E-state index contributed by atoms with van der Waals surface area (Å²) in [6, 6.07) is 15.8. The number of halogens is 1. The van der Waals surface area contributed by atoms with Crippen LogP contribution in [0, 0.1) is 0 Å². The molecule has 0 aliphatic carbocycles. The molecular formula is C21H16ClN3O3. The Balaban J connectivity index is 1.61. The van der Waals surface area contributed by atoms with Crippen molar-refractivity contribution >= 4 is 34.8 Å². The number of fused-ring (bicyclic) bond motifs is 1. The zero-order valence-corrected chi connectivity index (χ0v) is 15.5. The van der Waals surface area contributed by atoms with E-state index in [1.165, 1.54) is 0 Å². The Hall–Kier alpha value is -3.38. The van der Waals surface area contributed by atoms with Crippen LogP contribution < -0.4 is 15.0 Å². The summed E-state index contributed by atoms with van der Waals surface area (Å²) in [7, 11) is 0. The van der Waals surface area contributed by atoms with E-state index in [1.54, 1.807) is 53.7 Å². The third kappa shape index (κ3) is 3.82. The number of aromatic nitrogens is 1. The van der Waals surface area contributed by atoms with E-state index in [9.17, 15) is 9.59 Å². The van der Waals surface area contributed by atoms with Gasteiger partial charge in [-0.05, 0) is 48.0 Å². The van der Waals surface area contributed by atoms with Gasteiger partial charge in [-0.3, -0.25) is 14.6 Å². The van der Waals surface area contributed by atoms with Crippen molar-refractivity contribution in [2.24, 2.45) is 0 Å². The van der Waals surface area contributed by atoms with Crippen molar-refractivity contribution in [1.29, 1.82) is 0 Å². The minimum absolute atomic E-state index is 0.0315. The lowest BCUT2D eigenvalue weighted by Gasteiger charge is -2.30. The molecule has 1 N–H and O–H groups in total. The molecule has 0 bridgehead atoms. The highest BCUT2D eigenvalue weighted by molar-refractivity contribution is 6.30. The number of amides is 2. The lowest BCUT2D eigenvalue weighted by molar-refractivity contribution is -0.121. The number of hydrogen-bond donors (Lipinski definition) is 1. The predicted molar refractivity (Wildman–Crippen MR) is 107 cm³/mol. The molecule has 4 rings (SSSR count). The molecule has 2 heterocycles. The van der Waals surface area contributed by atoms with E-state index in [4.69, 9.17) is 16.3 Å². The lowest BCUT2D eigenvalue weighted by Crippen LogP contribution is -2.38. The van der Waals surface area contributed by atoms with Crippen molar-refractivity contribution in [3.05, 3.63) is 83.1 Å². The van der Waals surface area contributed by atoms with Crippen molar-refractivity contribution in [3.63, 3.8) is 0 Å². The molecule has 2 aromatic carbocycles. The first-order valence-corrected chi connectivity index (χ1v) is 9.01. The minimum atomic E-state index is -0.258. The van der Waals surface area contributed by atoms with E-state index in [2.05, 4.69) is 10.3 Å². The second-order valence-corrected chi connectivity index (χ2v) is 6.71. The maximum absolute atomic E-state index is 12.5. The molecule has 2 amide bonds. The molecule has 7 heteroatoms. The van der Waals surface area contributed by atoms with Crippen LogP contribution in [0.3, 0.4) is 0 Å². The van der Waals surface area contributed by atoms with Crippen molar-refractivity contribution in [2.45, 2.75) is 6.54 Å². The largest absolute Gasteiger partial charge is 0.482 e. The molecule has 0 unspecified atom stereocenters. The van der Waals surface area contributed by atoms with Gasteiger partial charge in [0.2, 0.25) is 0 Å². The Labute approximate surface area is 166 Å². The number of carbonyl (C=O) groups excluding carboxylic acids is 2. The molecule has 6 nitrogen and oxygen atoms in total. The van der Waals surface area contributed by atoms with E-state index in [-0.39, 0.29) is 18.4 Å². The van der Waals surface area contributed by atoms with Crippen LogP contribution >= 0.6 is 11.6 Å². The summed E-state index contributed by atoms with van der Waals surface area (Å²) >= 11 is 6.06. The zero-order chi connectivity index (χ0) is 19.5. The fourth-order valence-corrected chi connectivity index (χ4v) is 3.19. The average Bonchev–Trinajstić information content (AvgIpc) is 2.71. The van der Waals surface area contributed by atoms with Crippen LogP contribution in [-0.2, 0) is 11.3 Å². The predicted octanol–water partition coefficient (Wildman–Crippen LogP) is 3.91. The number of nitrogens with one attached hydrogen (secondary N) is 1. The summed E-state index contributed by atoms with van der Waals surface area (Å²) in [6.45, 7) is 0.327. The van der Waals surface area contributed by atoms with E-state index < -0.39 is 0 Å². The monoisotopic (exact) mass is 393 g/mol. The summed E-state index contributed by atoms with van der Waals surface area (Å²) in [5.41, 5.74) is 2.56. The van der Waals surface area contributed by atoms with E-state index in [0.29, 0.717) is 34.3 Å². The highest BCUT2D eigenvalue weighted by Gasteiger charge is 2.26. The quantitative estimate of drug-likeness (QED) is 0.729. The molecule has 0 atom stereocenters. The molecule has 0 spiro atoms. The number of ether oxygens (including phenoxy) is 1. The zero-order valence-electron chi connectivity index (χ0n) is 14.8. The van der Waals surface area contributed by atoms with Gasteiger partial charge in [-0.25, -0.2) is 0 Å². The number of pyridine rings is 1. The van der Waals surface area contributed by atoms with E-state index >= 15 is 0 Å². The minimum Gasteiger partial charge on any atom is -0.482 e. The van der Waals surface area contributed by atoms with E-state index in [1.807, 2.05) is 18.2 Å². The number of nitrogens with zero attached hydrogens (tertiary/aromatic N) is 2. The average molecular weight is 394 g/mol. The van der Waals surface area contributed by atoms with Gasteiger partial charge in [-0.1, -0.05) is 23.7 Å². The van der Waals surface area contributed by atoms with Gasteiger partial charge in [0.05, 0.1) is 12.2 Å². The standard InChI is InChI=1S/C21H16ClN3O3/c22-16-3-1-2-14(10-16)12-25-18-11-17(4-5-19(18)28-13-20(25)26)24-21(27)15-6-8-23-9-7-15/h1-11H,12-13H2,(H,24,27). The Morgan fingerprint density at radius 2 is 1.96 bits per heavy atom. The fourth-order valence-electron chi connectivity index (χ4n) is 2.98. The van der Waals surface area contributed by atoms with Crippen LogP contribution in [0.2, 0.25) is 5.02 Å². The van der Waals surface area contributed by atoms with Gasteiger partial charge in [0.25, 0.3) is 11.8 Å². The molecule has 140 valence electrons. The second kappa shape index (κ2) is 7.70. The first-order valence-electron chi connectivity index (χ1n) is 8.63. The number of rotatable bonds is 4. The number of anilines is 2. The van der Waals surface area contributed by atoms with Gasteiger partial charge in [0, 0.05) is 28.7 Å². The highest BCUT2D eigenvalue weighted by Crippen LogP contribution is 2.35. The smallest absolute Gasteiger partial charge is 0.265 e. The number of benzene rings is 2. The number of hydrogen-bond acceptors (Lipinski definition) is 4. The molecule has 1 aliphatic rings. The SMILES string of the molecule is O=C(Nc1ccc2c(c1)N(Cc1cccc(Cl)c1)C(=O)CO2)c1ccncc1. The van der Waals surface area contributed by atoms with Gasteiger partial charge in [0.15, 0.2) is 6.61 Å². The molecule has 0 saturated carbocycles. The van der Waals surface area contributed by atoms with Gasteiger partial charge < -0.3 is 15.0 Å². The molecule has 28 heavy (non-hydrogen) atoms. The molecule has 1 aliphatic heterocycles.